The number of benzene rings is 3. The third-order valence-electron chi connectivity index (χ3n) is 3.72. The molecule has 0 bridgehead atoms. The van der Waals surface area contributed by atoms with E-state index < -0.39 is 0 Å². The van der Waals surface area contributed by atoms with Gasteiger partial charge in [0, 0.05) is 11.1 Å². The summed E-state index contributed by atoms with van der Waals surface area (Å²) in [6.07, 6.45) is 1.52. The summed E-state index contributed by atoms with van der Waals surface area (Å²) in [6.45, 7) is 0. The highest BCUT2D eigenvalue weighted by Crippen LogP contribution is 2.18. The number of amides is 1. The average Bonchev–Trinajstić information content (AvgIpc) is 3.11. The van der Waals surface area contributed by atoms with Crippen molar-refractivity contribution in [3.05, 3.63) is 71.8 Å². The number of hydrazone groups is 1. The van der Waals surface area contributed by atoms with E-state index in [-0.39, 0.29) is 5.91 Å². The molecule has 4 aromatic rings. The van der Waals surface area contributed by atoms with Crippen LogP contribution in [0.3, 0.4) is 0 Å². The minimum Gasteiger partial charge on any atom is -0.267 e. The van der Waals surface area contributed by atoms with E-state index in [1.807, 2.05) is 48.5 Å². The normalized spacial score (nSPS) is 11.3. The number of nitrogens with one attached hydrogen (secondary N) is 1. The first kappa shape index (κ1) is 14.1. The van der Waals surface area contributed by atoms with Gasteiger partial charge in [0.25, 0.3) is 5.91 Å². The van der Waals surface area contributed by atoms with Crippen LogP contribution in [0.2, 0.25) is 0 Å². The van der Waals surface area contributed by atoms with Gasteiger partial charge in [-0.3, -0.25) is 4.79 Å². The van der Waals surface area contributed by atoms with Gasteiger partial charge in [0.2, 0.25) is 0 Å². The molecule has 1 heterocycles. The molecule has 0 atom stereocenters. The van der Waals surface area contributed by atoms with E-state index in [1.165, 1.54) is 6.21 Å². The minimum absolute atomic E-state index is 0.270. The average molecular weight is 316 g/mol. The second-order valence-corrected chi connectivity index (χ2v) is 5.21. The zero-order chi connectivity index (χ0) is 16.4. The monoisotopic (exact) mass is 316 g/mol. The van der Waals surface area contributed by atoms with Crippen molar-refractivity contribution in [2.24, 2.45) is 5.10 Å². The van der Waals surface area contributed by atoms with Gasteiger partial charge < -0.3 is 0 Å². The highest BCUT2D eigenvalue weighted by atomic mass is 16.6. The van der Waals surface area contributed by atoms with Gasteiger partial charge in [-0.15, -0.1) is 0 Å². The van der Waals surface area contributed by atoms with E-state index >= 15 is 0 Å². The Kier molecular flexibility index (Phi) is 3.47. The van der Waals surface area contributed by atoms with E-state index in [9.17, 15) is 4.79 Å². The Bertz CT molecular complexity index is 1060. The van der Waals surface area contributed by atoms with Crippen molar-refractivity contribution >= 4 is 33.9 Å². The molecule has 4 rings (SSSR count). The Balaban J connectivity index is 1.59. The smallest absolute Gasteiger partial charge is 0.267 e. The van der Waals surface area contributed by atoms with Crippen LogP contribution in [-0.2, 0) is 0 Å². The Labute approximate surface area is 136 Å². The van der Waals surface area contributed by atoms with Crippen molar-refractivity contribution in [2.75, 3.05) is 0 Å². The highest BCUT2D eigenvalue weighted by Gasteiger charge is 2.09. The fourth-order valence-corrected chi connectivity index (χ4v) is 2.58. The van der Waals surface area contributed by atoms with Gasteiger partial charge in [-0.25, -0.2) is 10.1 Å². The molecule has 3 aromatic carbocycles. The van der Waals surface area contributed by atoms with Gasteiger partial charge >= 0.3 is 0 Å². The van der Waals surface area contributed by atoms with Crippen LogP contribution in [0.1, 0.15) is 15.9 Å². The van der Waals surface area contributed by atoms with Crippen LogP contribution in [0.15, 0.2) is 70.4 Å². The first-order valence-electron chi connectivity index (χ1n) is 7.35. The van der Waals surface area contributed by atoms with Crippen LogP contribution in [0.25, 0.3) is 21.8 Å². The lowest BCUT2D eigenvalue weighted by atomic mass is 10.0. The van der Waals surface area contributed by atoms with E-state index in [0.29, 0.717) is 22.2 Å². The molecule has 0 unspecified atom stereocenters. The molecule has 0 spiro atoms. The largest absolute Gasteiger partial charge is 0.271 e. The summed E-state index contributed by atoms with van der Waals surface area (Å²) in [5, 5.41) is 13.5. The summed E-state index contributed by atoms with van der Waals surface area (Å²) < 4.78 is 4.70. The molecule has 1 N–H and O–H groups in total. The third-order valence-corrected chi connectivity index (χ3v) is 3.72. The second kappa shape index (κ2) is 5.92. The number of carbonyl (C=O) groups is 1. The number of nitrogens with zero attached hydrogens (tertiary/aromatic N) is 3. The summed E-state index contributed by atoms with van der Waals surface area (Å²) in [5.74, 6) is -0.270. The lowest BCUT2D eigenvalue weighted by Gasteiger charge is -2.04. The molecular formula is C18H12N4O2. The molecule has 1 amide bonds. The van der Waals surface area contributed by atoms with Crippen molar-refractivity contribution in [3.8, 4) is 0 Å². The van der Waals surface area contributed by atoms with Gasteiger partial charge in [0.1, 0.15) is 11.0 Å². The van der Waals surface area contributed by atoms with Gasteiger partial charge in [-0.05, 0) is 33.2 Å². The Hall–Kier alpha value is -3.54. The molecule has 0 saturated carbocycles. The maximum Gasteiger partial charge on any atom is 0.271 e. The predicted octanol–water partition coefficient (Wildman–Crippen LogP) is 3.14. The molecule has 24 heavy (non-hydrogen) atoms. The van der Waals surface area contributed by atoms with Crippen molar-refractivity contribution in [1.29, 1.82) is 0 Å². The van der Waals surface area contributed by atoms with Gasteiger partial charge in [0.05, 0.1) is 6.21 Å². The first-order valence-corrected chi connectivity index (χ1v) is 7.35. The van der Waals surface area contributed by atoms with Crippen molar-refractivity contribution < 1.29 is 9.42 Å². The molecule has 0 saturated heterocycles. The topological polar surface area (TPSA) is 80.4 Å². The van der Waals surface area contributed by atoms with Crippen molar-refractivity contribution in [2.45, 2.75) is 0 Å². The van der Waals surface area contributed by atoms with Gasteiger partial charge in [0.15, 0.2) is 0 Å². The Morgan fingerprint density at radius 2 is 1.83 bits per heavy atom. The third kappa shape index (κ3) is 2.50. The summed E-state index contributed by atoms with van der Waals surface area (Å²) in [5.41, 5.74) is 5.07. The molecule has 0 fully saturated rings. The Morgan fingerprint density at radius 3 is 2.79 bits per heavy atom. The summed E-state index contributed by atoms with van der Waals surface area (Å²) in [7, 11) is 0. The number of hydrogen-bond donors (Lipinski definition) is 1. The van der Waals surface area contributed by atoms with Gasteiger partial charge in [-0.2, -0.15) is 5.10 Å². The highest BCUT2D eigenvalue weighted by molar-refractivity contribution is 6.07. The van der Waals surface area contributed by atoms with Crippen LogP contribution < -0.4 is 5.43 Å². The van der Waals surface area contributed by atoms with E-state index in [2.05, 4.69) is 20.8 Å². The minimum atomic E-state index is -0.270. The van der Waals surface area contributed by atoms with Crippen LogP contribution >= 0.6 is 0 Å². The molecule has 1 aromatic heterocycles. The first-order chi connectivity index (χ1) is 11.8. The number of carbonyl (C=O) groups excluding carboxylic acids is 1. The summed E-state index contributed by atoms with van der Waals surface area (Å²) in [4.78, 5) is 12.4. The van der Waals surface area contributed by atoms with Crippen molar-refractivity contribution in [3.63, 3.8) is 0 Å². The van der Waals surface area contributed by atoms with E-state index in [4.69, 9.17) is 4.63 Å². The fraction of sp³-hybridized carbons (Fsp3) is 0. The lowest BCUT2D eigenvalue weighted by molar-refractivity contribution is 0.0957. The van der Waals surface area contributed by atoms with Crippen LogP contribution in [-0.4, -0.2) is 22.4 Å². The molecule has 6 nitrogen and oxygen atoms in total. The van der Waals surface area contributed by atoms with Crippen LogP contribution in [0, 0.1) is 0 Å². The lowest BCUT2D eigenvalue weighted by Crippen LogP contribution is -2.17. The fourth-order valence-electron chi connectivity index (χ4n) is 2.58. The molecule has 0 aliphatic heterocycles. The standard InChI is InChI=1S/C18H12N4O2/c23-18(15-9-3-6-12-5-1-2-8-14(12)15)20-19-11-13-7-4-10-16-17(13)22-24-21-16/h1-11H,(H,20,23). The molecule has 0 radical (unpaired) electrons. The van der Waals surface area contributed by atoms with E-state index in [1.54, 1.807) is 12.1 Å². The molecule has 116 valence electrons. The van der Waals surface area contributed by atoms with E-state index in [0.717, 1.165) is 10.8 Å². The number of aromatic nitrogens is 2. The second-order valence-electron chi connectivity index (χ2n) is 5.21. The summed E-state index contributed by atoms with van der Waals surface area (Å²) in [6, 6.07) is 18.7. The summed E-state index contributed by atoms with van der Waals surface area (Å²) >= 11 is 0. The zero-order valence-corrected chi connectivity index (χ0v) is 12.5. The zero-order valence-electron chi connectivity index (χ0n) is 12.5. The molecule has 0 aliphatic carbocycles. The predicted molar refractivity (Wildman–Crippen MR) is 90.8 cm³/mol. The van der Waals surface area contributed by atoms with Crippen LogP contribution in [0.4, 0.5) is 0 Å². The Morgan fingerprint density at radius 1 is 1.00 bits per heavy atom. The maximum atomic E-state index is 12.4. The number of rotatable bonds is 3. The maximum absolute atomic E-state index is 12.4. The molecular weight excluding hydrogens is 304 g/mol. The van der Waals surface area contributed by atoms with Crippen molar-refractivity contribution in [1.82, 2.24) is 15.7 Å². The van der Waals surface area contributed by atoms with Gasteiger partial charge in [-0.1, -0.05) is 48.5 Å². The number of fused-ring (bicyclic) bond motifs is 2. The van der Waals surface area contributed by atoms with Crippen LogP contribution in [0.5, 0.6) is 0 Å². The number of hydrogen-bond acceptors (Lipinski definition) is 5. The quantitative estimate of drug-likeness (QED) is 0.465. The molecule has 6 heteroatoms. The SMILES string of the molecule is O=C(NN=Cc1cccc2nonc12)c1cccc2ccccc12. The molecule has 0 aliphatic rings.